The van der Waals surface area contributed by atoms with E-state index in [9.17, 15) is 0 Å². The van der Waals surface area contributed by atoms with E-state index < -0.39 is 0 Å². The third-order valence-corrected chi connectivity index (χ3v) is 3.55. The van der Waals surface area contributed by atoms with Crippen LogP contribution in [0.3, 0.4) is 0 Å². The number of likely N-dealkylation sites (tertiary alicyclic amines) is 1. The Balaban J connectivity index is 1.73. The molecular formula is C14H16ClN3O. The third-order valence-electron chi connectivity index (χ3n) is 3.32. The Bertz CT molecular complexity index is 569. The van der Waals surface area contributed by atoms with Crippen molar-refractivity contribution in [3.8, 4) is 11.5 Å². The van der Waals surface area contributed by atoms with Gasteiger partial charge in [0.15, 0.2) is 0 Å². The SMILES string of the molecule is N[C@@H]1CCN(Cc2coc(-c3cccc(Cl)c3)n2)C1. The summed E-state index contributed by atoms with van der Waals surface area (Å²) in [6.07, 6.45) is 2.76. The molecule has 3 rings (SSSR count). The Labute approximate surface area is 117 Å². The van der Waals surface area contributed by atoms with Gasteiger partial charge in [-0.05, 0) is 24.6 Å². The molecule has 2 heterocycles. The van der Waals surface area contributed by atoms with Crippen molar-refractivity contribution in [1.82, 2.24) is 9.88 Å². The van der Waals surface area contributed by atoms with Crippen LogP contribution in [0.1, 0.15) is 12.1 Å². The highest BCUT2D eigenvalue weighted by atomic mass is 35.5. The second-order valence-corrected chi connectivity index (χ2v) is 5.37. The topological polar surface area (TPSA) is 55.3 Å². The molecule has 1 aliphatic rings. The summed E-state index contributed by atoms with van der Waals surface area (Å²) in [4.78, 5) is 6.80. The first-order valence-electron chi connectivity index (χ1n) is 6.39. The summed E-state index contributed by atoms with van der Waals surface area (Å²) in [6, 6.07) is 7.80. The molecule has 0 spiro atoms. The summed E-state index contributed by atoms with van der Waals surface area (Å²) in [5.41, 5.74) is 7.73. The number of oxazole rings is 1. The molecule has 0 radical (unpaired) electrons. The minimum Gasteiger partial charge on any atom is -0.444 e. The van der Waals surface area contributed by atoms with Crippen molar-refractivity contribution < 1.29 is 4.42 Å². The van der Waals surface area contributed by atoms with Crippen LogP contribution in [-0.4, -0.2) is 29.0 Å². The summed E-state index contributed by atoms with van der Waals surface area (Å²) >= 11 is 5.96. The Hall–Kier alpha value is -1.36. The monoisotopic (exact) mass is 277 g/mol. The first kappa shape index (κ1) is 12.7. The quantitative estimate of drug-likeness (QED) is 0.937. The molecule has 0 aliphatic carbocycles. The van der Waals surface area contributed by atoms with Crippen molar-refractivity contribution in [2.45, 2.75) is 19.0 Å². The predicted octanol–water partition coefficient (Wildman–Crippen LogP) is 2.53. The first-order chi connectivity index (χ1) is 9.20. The van der Waals surface area contributed by atoms with Crippen LogP contribution in [-0.2, 0) is 6.54 Å². The van der Waals surface area contributed by atoms with Gasteiger partial charge in [-0.2, -0.15) is 0 Å². The number of aromatic nitrogens is 1. The molecule has 2 N–H and O–H groups in total. The Kier molecular flexibility index (Phi) is 3.55. The lowest BCUT2D eigenvalue weighted by molar-refractivity contribution is 0.322. The molecular weight excluding hydrogens is 262 g/mol. The zero-order chi connectivity index (χ0) is 13.2. The van der Waals surface area contributed by atoms with Crippen LogP contribution >= 0.6 is 11.6 Å². The van der Waals surface area contributed by atoms with Gasteiger partial charge >= 0.3 is 0 Å². The van der Waals surface area contributed by atoms with E-state index in [0.29, 0.717) is 17.0 Å². The Morgan fingerprint density at radius 1 is 1.47 bits per heavy atom. The van der Waals surface area contributed by atoms with Gasteiger partial charge in [0.25, 0.3) is 0 Å². The third kappa shape index (κ3) is 2.97. The standard InChI is InChI=1S/C14H16ClN3O/c15-11-3-1-2-10(6-11)14-17-13(9-19-14)8-18-5-4-12(16)7-18/h1-3,6,9,12H,4-5,7-8,16H2/t12-/m1/s1. The van der Waals surface area contributed by atoms with Gasteiger partial charge in [-0.15, -0.1) is 0 Å². The molecule has 0 saturated carbocycles. The zero-order valence-corrected chi connectivity index (χ0v) is 11.3. The molecule has 19 heavy (non-hydrogen) atoms. The van der Waals surface area contributed by atoms with Gasteiger partial charge in [0.05, 0.1) is 5.69 Å². The lowest BCUT2D eigenvalue weighted by Crippen LogP contribution is -2.26. The van der Waals surface area contributed by atoms with E-state index in [1.54, 1.807) is 6.26 Å². The maximum atomic E-state index is 5.96. The van der Waals surface area contributed by atoms with Gasteiger partial charge in [0.1, 0.15) is 6.26 Å². The summed E-state index contributed by atoms with van der Waals surface area (Å²) in [5, 5.41) is 0.683. The number of hydrogen-bond donors (Lipinski definition) is 1. The van der Waals surface area contributed by atoms with Gasteiger partial charge in [-0.3, -0.25) is 4.90 Å². The average molecular weight is 278 g/mol. The van der Waals surface area contributed by atoms with Crippen LogP contribution in [0, 0.1) is 0 Å². The summed E-state index contributed by atoms with van der Waals surface area (Å²) < 4.78 is 5.52. The second kappa shape index (κ2) is 5.33. The predicted molar refractivity (Wildman–Crippen MR) is 74.8 cm³/mol. The lowest BCUT2D eigenvalue weighted by atomic mass is 10.2. The number of benzene rings is 1. The number of nitrogens with zero attached hydrogens (tertiary/aromatic N) is 2. The Morgan fingerprint density at radius 2 is 2.37 bits per heavy atom. The molecule has 4 nitrogen and oxygen atoms in total. The van der Waals surface area contributed by atoms with Crippen LogP contribution in [0.25, 0.3) is 11.5 Å². The molecule has 0 unspecified atom stereocenters. The van der Waals surface area contributed by atoms with E-state index in [1.807, 2.05) is 24.3 Å². The van der Waals surface area contributed by atoms with Crippen molar-refractivity contribution >= 4 is 11.6 Å². The molecule has 1 atom stereocenters. The highest BCUT2D eigenvalue weighted by Gasteiger charge is 2.20. The van der Waals surface area contributed by atoms with Crippen LogP contribution in [0.4, 0.5) is 0 Å². The molecule has 2 aromatic rings. The normalized spacial score (nSPS) is 20.0. The second-order valence-electron chi connectivity index (χ2n) is 4.94. The fourth-order valence-corrected chi connectivity index (χ4v) is 2.56. The fourth-order valence-electron chi connectivity index (χ4n) is 2.37. The van der Waals surface area contributed by atoms with Crippen molar-refractivity contribution in [2.75, 3.05) is 13.1 Å². The van der Waals surface area contributed by atoms with Gasteiger partial charge in [0, 0.05) is 36.3 Å². The van der Waals surface area contributed by atoms with Crippen LogP contribution < -0.4 is 5.73 Å². The number of halogens is 1. The van der Waals surface area contributed by atoms with Crippen molar-refractivity contribution in [2.24, 2.45) is 5.73 Å². The van der Waals surface area contributed by atoms with E-state index >= 15 is 0 Å². The maximum Gasteiger partial charge on any atom is 0.226 e. The van der Waals surface area contributed by atoms with Gasteiger partial charge in [-0.1, -0.05) is 17.7 Å². The molecule has 5 heteroatoms. The van der Waals surface area contributed by atoms with E-state index in [4.69, 9.17) is 21.8 Å². The van der Waals surface area contributed by atoms with Crippen molar-refractivity contribution in [3.05, 3.63) is 41.2 Å². The number of nitrogens with two attached hydrogens (primary N) is 1. The van der Waals surface area contributed by atoms with E-state index in [1.165, 1.54) is 0 Å². The molecule has 1 saturated heterocycles. The lowest BCUT2D eigenvalue weighted by Gasteiger charge is -2.12. The van der Waals surface area contributed by atoms with Crippen LogP contribution in [0.5, 0.6) is 0 Å². The van der Waals surface area contributed by atoms with E-state index in [2.05, 4.69) is 9.88 Å². The largest absolute Gasteiger partial charge is 0.444 e. The average Bonchev–Trinajstić information content (AvgIpc) is 2.99. The van der Waals surface area contributed by atoms with Crippen LogP contribution in [0.15, 0.2) is 34.9 Å². The van der Waals surface area contributed by atoms with E-state index in [-0.39, 0.29) is 0 Å². The van der Waals surface area contributed by atoms with E-state index in [0.717, 1.165) is 37.3 Å². The number of hydrogen-bond acceptors (Lipinski definition) is 4. The van der Waals surface area contributed by atoms with Gasteiger partial charge in [-0.25, -0.2) is 4.98 Å². The minimum absolute atomic E-state index is 0.291. The number of rotatable bonds is 3. The summed E-state index contributed by atoms with van der Waals surface area (Å²) in [6.45, 7) is 2.75. The van der Waals surface area contributed by atoms with Crippen LogP contribution in [0.2, 0.25) is 5.02 Å². The summed E-state index contributed by atoms with van der Waals surface area (Å²) in [7, 11) is 0. The first-order valence-corrected chi connectivity index (χ1v) is 6.77. The molecule has 1 aromatic carbocycles. The smallest absolute Gasteiger partial charge is 0.226 e. The minimum atomic E-state index is 0.291. The highest BCUT2D eigenvalue weighted by Crippen LogP contribution is 2.22. The highest BCUT2D eigenvalue weighted by molar-refractivity contribution is 6.30. The molecule has 1 fully saturated rings. The van der Waals surface area contributed by atoms with Gasteiger partial charge in [0.2, 0.25) is 5.89 Å². The van der Waals surface area contributed by atoms with Gasteiger partial charge < -0.3 is 10.2 Å². The molecule has 1 aliphatic heterocycles. The molecule has 1 aromatic heterocycles. The molecule has 100 valence electrons. The summed E-state index contributed by atoms with van der Waals surface area (Å²) in [5.74, 6) is 0.612. The zero-order valence-electron chi connectivity index (χ0n) is 10.6. The Morgan fingerprint density at radius 3 is 3.11 bits per heavy atom. The van der Waals surface area contributed by atoms with Crippen molar-refractivity contribution in [1.29, 1.82) is 0 Å². The van der Waals surface area contributed by atoms with Crippen molar-refractivity contribution in [3.63, 3.8) is 0 Å². The molecule has 0 bridgehead atoms. The molecule has 0 amide bonds. The fraction of sp³-hybridized carbons (Fsp3) is 0.357. The maximum absolute atomic E-state index is 5.96.